The molecule has 1 atom stereocenters. The van der Waals surface area contributed by atoms with Crippen LogP contribution in [0.4, 0.5) is 8.78 Å². The molecule has 1 heterocycles. The van der Waals surface area contributed by atoms with Gasteiger partial charge in [0.05, 0.1) is 0 Å². The molecular weight excluding hydrogens is 380 g/mol. The molecule has 2 aromatic carbocycles. The van der Waals surface area contributed by atoms with Crippen LogP contribution in [0.2, 0.25) is 0 Å². The molecule has 0 radical (unpaired) electrons. The molecule has 0 spiro atoms. The summed E-state index contributed by atoms with van der Waals surface area (Å²) in [5, 5.41) is 4.94. The maximum atomic E-state index is 13.6. The fourth-order valence-electron chi connectivity index (χ4n) is 3.20. The van der Waals surface area contributed by atoms with Crippen LogP contribution in [0.25, 0.3) is 0 Å². The van der Waals surface area contributed by atoms with Gasteiger partial charge >= 0.3 is 0 Å². The number of hydrogen-bond donors (Lipinski definition) is 2. The molecule has 1 aliphatic rings. The van der Waals surface area contributed by atoms with E-state index in [0.29, 0.717) is 18.5 Å². The van der Waals surface area contributed by atoms with E-state index in [-0.39, 0.29) is 11.5 Å². The van der Waals surface area contributed by atoms with E-state index in [9.17, 15) is 23.2 Å². The van der Waals surface area contributed by atoms with E-state index in [1.54, 1.807) is 29.2 Å². The molecule has 6 nitrogen and oxygen atoms in total. The maximum absolute atomic E-state index is 13.6. The second-order valence-corrected chi connectivity index (χ2v) is 6.81. The summed E-state index contributed by atoms with van der Waals surface area (Å²) < 4.78 is 26.8. The minimum absolute atomic E-state index is 0.117. The van der Waals surface area contributed by atoms with Crippen LogP contribution in [0.3, 0.4) is 0 Å². The fourth-order valence-corrected chi connectivity index (χ4v) is 3.20. The zero-order valence-corrected chi connectivity index (χ0v) is 15.9. The molecule has 0 aliphatic carbocycles. The Morgan fingerprint density at radius 2 is 1.83 bits per heavy atom. The first-order valence-corrected chi connectivity index (χ1v) is 9.23. The predicted molar refractivity (Wildman–Crippen MR) is 102 cm³/mol. The lowest BCUT2D eigenvalue weighted by Crippen LogP contribution is -2.39. The largest absolute Gasteiger partial charge is 0.357 e. The van der Waals surface area contributed by atoms with E-state index in [0.717, 1.165) is 30.7 Å². The monoisotopic (exact) mass is 401 g/mol. The number of likely N-dealkylation sites (tertiary alicyclic amines) is 1. The molecule has 0 bridgehead atoms. The second kappa shape index (κ2) is 8.81. The molecule has 3 amide bonds. The van der Waals surface area contributed by atoms with Crippen LogP contribution in [0.5, 0.6) is 0 Å². The molecule has 29 heavy (non-hydrogen) atoms. The van der Waals surface area contributed by atoms with Gasteiger partial charge in [-0.05, 0) is 41.8 Å². The average molecular weight is 401 g/mol. The van der Waals surface area contributed by atoms with Gasteiger partial charge in [0.2, 0.25) is 11.8 Å². The van der Waals surface area contributed by atoms with Crippen LogP contribution in [0, 0.1) is 11.6 Å². The van der Waals surface area contributed by atoms with E-state index < -0.39 is 29.5 Å². The van der Waals surface area contributed by atoms with Crippen LogP contribution in [0.1, 0.15) is 40.4 Å². The minimum atomic E-state index is -1.18. The van der Waals surface area contributed by atoms with Crippen molar-refractivity contribution in [3.63, 3.8) is 0 Å². The molecule has 0 aromatic heterocycles. The number of nitrogens with zero attached hydrogens (tertiary/aromatic N) is 1. The van der Waals surface area contributed by atoms with E-state index in [1.807, 2.05) is 0 Å². The third kappa shape index (κ3) is 4.77. The van der Waals surface area contributed by atoms with Crippen molar-refractivity contribution >= 4 is 17.7 Å². The Labute approximate surface area is 166 Å². The van der Waals surface area contributed by atoms with Crippen molar-refractivity contribution in [1.82, 2.24) is 15.5 Å². The van der Waals surface area contributed by atoms with Gasteiger partial charge < -0.3 is 15.5 Å². The highest BCUT2D eigenvalue weighted by Gasteiger charge is 2.24. The van der Waals surface area contributed by atoms with Gasteiger partial charge in [-0.25, -0.2) is 8.78 Å². The highest BCUT2D eigenvalue weighted by atomic mass is 19.2. The SMILES string of the molecule is CNC(=O)C(NC(=O)c1ccc(CN2CCCC2=O)cc1)c1ccc(F)c(F)c1. The Hall–Kier alpha value is -3.29. The number of benzene rings is 2. The summed E-state index contributed by atoms with van der Waals surface area (Å²) >= 11 is 0. The predicted octanol–water partition coefficient (Wildman–Crippen LogP) is 2.30. The third-order valence-corrected chi connectivity index (χ3v) is 4.82. The molecule has 3 rings (SSSR count). The average Bonchev–Trinajstić information content (AvgIpc) is 3.12. The van der Waals surface area contributed by atoms with E-state index in [2.05, 4.69) is 10.6 Å². The van der Waals surface area contributed by atoms with Crippen molar-refractivity contribution in [2.24, 2.45) is 0 Å². The lowest BCUT2D eigenvalue weighted by Gasteiger charge is -2.18. The number of hydrogen-bond acceptors (Lipinski definition) is 3. The first-order valence-electron chi connectivity index (χ1n) is 9.23. The molecule has 1 fully saturated rings. The summed E-state index contributed by atoms with van der Waals surface area (Å²) in [5.74, 6) is -3.12. The minimum Gasteiger partial charge on any atom is -0.357 e. The number of amides is 3. The van der Waals surface area contributed by atoms with Gasteiger partial charge in [-0.1, -0.05) is 18.2 Å². The molecule has 152 valence electrons. The van der Waals surface area contributed by atoms with Gasteiger partial charge in [0.1, 0.15) is 6.04 Å². The smallest absolute Gasteiger partial charge is 0.252 e. The summed E-state index contributed by atoms with van der Waals surface area (Å²) in [5.41, 5.74) is 1.32. The zero-order valence-electron chi connectivity index (χ0n) is 15.9. The van der Waals surface area contributed by atoms with Crippen LogP contribution < -0.4 is 10.6 Å². The Morgan fingerprint density at radius 1 is 1.10 bits per heavy atom. The van der Waals surface area contributed by atoms with Crippen molar-refractivity contribution in [1.29, 1.82) is 0 Å². The number of carbonyl (C=O) groups excluding carboxylic acids is 3. The molecule has 1 aliphatic heterocycles. The number of halogens is 2. The molecule has 1 unspecified atom stereocenters. The maximum Gasteiger partial charge on any atom is 0.252 e. The normalized spacial score (nSPS) is 14.6. The molecule has 8 heteroatoms. The Kier molecular flexibility index (Phi) is 6.21. The number of likely N-dealkylation sites (N-methyl/N-ethyl adjacent to an activating group) is 1. The topological polar surface area (TPSA) is 78.5 Å². The van der Waals surface area contributed by atoms with Crippen molar-refractivity contribution in [3.05, 3.63) is 70.8 Å². The van der Waals surface area contributed by atoms with Crippen molar-refractivity contribution in [3.8, 4) is 0 Å². The van der Waals surface area contributed by atoms with Crippen LogP contribution in [-0.4, -0.2) is 36.2 Å². The standard InChI is InChI=1S/C21H21F2N3O3/c1-24-21(29)19(15-8-9-16(22)17(23)11-15)25-20(28)14-6-4-13(5-7-14)12-26-10-2-3-18(26)27/h4-9,11,19H,2-3,10,12H2,1H3,(H,24,29)(H,25,28). The summed E-state index contributed by atoms with van der Waals surface area (Å²) in [7, 11) is 1.38. The van der Waals surface area contributed by atoms with Crippen LogP contribution >= 0.6 is 0 Å². The summed E-state index contributed by atoms with van der Waals surface area (Å²) in [6, 6.07) is 8.53. The van der Waals surface area contributed by atoms with Gasteiger partial charge in [-0.15, -0.1) is 0 Å². The van der Waals surface area contributed by atoms with Crippen LogP contribution in [-0.2, 0) is 16.1 Å². The van der Waals surface area contributed by atoms with E-state index in [1.165, 1.54) is 13.1 Å². The lowest BCUT2D eigenvalue weighted by atomic mass is 10.0. The molecular formula is C21H21F2N3O3. The molecule has 1 saturated heterocycles. The number of rotatable bonds is 6. The Bertz CT molecular complexity index is 931. The van der Waals surface area contributed by atoms with E-state index in [4.69, 9.17) is 0 Å². The summed E-state index contributed by atoms with van der Waals surface area (Å²) in [6.07, 6.45) is 1.41. The number of carbonyl (C=O) groups is 3. The molecule has 0 saturated carbocycles. The summed E-state index contributed by atoms with van der Waals surface area (Å²) in [4.78, 5) is 38.2. The van der Waals surface area contributed by atoms with Gasteiger partial charge in [0.25, 0.3) is 5.91 Å². The van der Waals surface area contributed by atoms with Crippen LogP contribution in [0.15, 0.2) is 42.5 Å². The Morgan fingerprint density at radius 3 is 2.41 bits per heavy atom. The van der Waals surface area contributed by atoms with Crippen molar-refractivity contribution in [2.75, 3.05) is 13.6 Å². The molecule has 2 aromatic rings. The zero-order chi connectivity index (χ0) is 21.0. The quantitative estimate of drug-likeness (QED) is 0.780. The fraction of sp³-hybridized carbons (Fsp3) is 0.286. The van der Waals surface area contributed by atoms with Gasteiger partial charge in [0.15, 0.2) is 11.6 Å². The van der Waals surface area contributed by atoms with Gasteiger partial charge in [0, 0.05) is 32.1 Å². The first kappa shape index (κ1) is 20.4. The van der Waals surface area contributed by atoms with Crippen molar-refractivity contribution < 1.29 is 23.2 Å². The highest BCUT2D eigenvalue weighted by Crippen LogP contribution is 2.19. The second-order valence-electron chi connectivity index (χ2n) is 6.81. The first-order chi connectivity index (χ1) is 13.9. The number of nitrogens with one attached hydrogen (secondary N) is 2. The van der Waals surface area contributed by atoms with E-state index >= 15 is 0 Å². The highest BCUT2D eigenvalue weighted by molar-refractivity contribution is 5.97. The van der Waals surface area contributed by atoms with Gasteiger partial charge in [-0.3, -0.25) is 14.4 Å². The Balaban J connectivity index is 1.72. The summed E-state index contributed by atoms with van der Waals surface area (Å²) in [6.45, 7) is 1.21. The van der Waals surface area contributed by atoms with Crippen molar-refractivity contribution in [2.45, 2.75) is 25.4 Å². The lowest BCUT2D eigenvalue weighted by molar-refractivity contribution is -0.128. The van der Waals surface area contributed by atoms with Gasteiger partial charge in [-0.2, -0.15) is 0 Å². The molecule has 2 N–H and O–H groups in total. The third-order valence-electron chi connectivity index (χ3n) is 4.82.